The van der Waals surface area contributed by atoms with Crippen molar-refractivity contribution in [2.75, 3.05) is 6.54 Å². The van der Waals surface area contributed by atoms with Gasteiger partial charge in [-0.05, 0) is 17.7 Å². The Morgan fingerprint density at radius 3 is 2.70 bits per heavy atom. The average molecular weight is 309 g/mol. The van der Waals surface area contributed by atoms with Crippen LogP contribution in [-0.2, 0) is 0 Å². The average Bonchev–Trinajstić information content (AvgIpc) is 2.60. The van der Waals surface area contributed by atoms with Crippen LogP contribution in [0.1, 0.15) is 22.0 Å². The van der Waals surface area contributed by atoms with E-state index in [9.17, 15) is 14.7 Å². The molecular weight excluding hydrogens is 294 g/mol. The van der Waals surface area contributed by atoms with Gasteiger partial charge in [-0.2, -0.15) is 0 Å². The van der Waals surface area contributed by atoms with Gasteiger partial charge in [-0.1, -0.05) is 36.4 Å². The number of pyridine rings is 1. The number of amides is 1. The van der Waals surface area contributed by atoms with Crippen LogP contribution in [0.3, 0.4) is 0 Å². The largest absolute Gasteiger partial charge is 0.387 e. The van der Waals surface area contributed by atoms with E-state index in [4.69, 9.17) is 0 Å². The number of benzene rings is 1. The summed E-state index contributed by atoms with van der Waals surface area (Å²) in [6.07, 6.45) is 1.97. The highest BCUT2D eigenvalue weighted by Crippen LogP contribution is 2.10. The summed E-state index contributed by atoms with van der Waals surface area (Å²) in [5.74, 6) is -0.560. The Balaban J connectivity index is 1.76. The quantitative estimate of drug-likeness (QED) is 0.757. The fourth-order valence-corrected chi connectivity index (χ4v) is 2.26. The molecule has 6 heteroatoms. The first kappa shape index (κ1) is 14.9. The molecule has 2 aromatic heterocycles. The molecule has 6 nitrogen and oxygen atoms in total. The van der Waals surface area contributed by atoms with E-state index in [-0.39, 0.29) is 12.1 Å². The van der Waals surface area contributed by atoms with Crippen LogP contribution in [0.25, 0.3) is 5.65 Å². The predicted octanol–water partition coefficient (Wildman–Crippen LogP) is 1.16. The number of rotatable bonds is 4. The zero-order valence-corrected chi connectivity index (χ0v) is 12.2. The highest BCUT2D eigenvalue weighted by molar-refractivity contribution is 5.93. The van der Waals surface area contributed by atoms with Crippen molar-refractivity contribution in [1.82, 2.24) is 14.7 Å². The number of carbonyl (C=O) groups is 1. The molecule has 1 amide bonds. The Kier molecular flexibility index (Phi) is 4.16. The number of carbonyl (C=O) groups excluding carboxylic acids is 1. The lowest BCUT2D eigenvalue weighted by Gasteiger charge is -2.12. The summed E-state index contributed by atoms with van der Waals surface area (Å²) in [5.41, 5.74) is 0.663. The molecule has 0 saturated heterocycles. The first-order valence-electron chi connectivity index (χ1n) is 7.14. The van der Waals surface area contributed by atoms with E-state index in [2.05, 4.69) is 10.3 Å². The second kappa shape index (κ2) is 6.41. The van der Waals surface area contributed by atoms with Crippen molar-refractivity contribution in [2.45, 2.75) is 6.10 Å². The summed E-state index contributed by atoms with van der Waals surface area (Å²) in [6, 6.07) is 14.1. The zero-order chi connectivity index (χ0) is 16.2. The second-order valence-corrected chi connectivity index (χ2v) is 5.04. The maximum atomic E-state index is 12.3. The third-order valence-corrected chi connectivity index (χ3v) is 3.50. The Morgan fingerprint density at radius 2 is 1.91 bits per heavy atom. The van der Waals surface area contributed by atoms with Crippen molar-refractivity contribution < 1.29 is 9.90 Å². The molecule has 0 fully saturated rings. The van der Waals surface area contributed by atoms with Crippen molar-refractivity contribution in [1.29, 1.82) is 0 Å². The standard InChI is InChI=1S/C17H15N3O3/c21-14(12-6-2-1-3-7-12)11-19-16(22)13-10-18-15-8-4-5-9-20(15)17(13)23/h1-10,14,21H,11H2,(H,19,22)/t14-/m1/s1. The van der Waals surface area contributed by atoms with Crippen molar-refractivity contribution in [3.8, 4) is 0 Å². The van der Waals surface area contributed by atoms with Gasteiger partial charge in [0.2, 0.25) is 0 Å². The molecule has 1 atom stereocenters. The van der Waals surface area contributed by atoms with E-state index in [0.717, 1.165) is 0 Å². The van der Waals surface area contributed by atoms with Gasteiger partial charge in [0, 0.05) is 18.9 Å². The molecule has 116 valence electrons. The van der Waals surface area contributed by atoms with Crippen LogP contribution in [0.5, 0.6) is 0 Å². The molecule has 0 unspecified atom stereocenters. The lowest BCUT2D eigenvalue weighted by atomic mass is 10.1. The first-order chi connectivity index (χ1) is 11.2. The number of hydrogen-bond donors (Lipinski definition) is 2. The topological polar surface area (TPSA) is 83.7 Å². The second-order valence-electron chi connectivity index (χ2n) is 5.04. The Hall–Kier alpha value is -2.99. The number of hydrogen-bond acceptors (Lipinski definition) is 4. The molecule has 0 radical (unpaired) electrons. The molecule has 3 rings (SSSR count). The van der Waals surface area contributed by atoms with Crippen molar-refractivity contribution in [3.63, 3.8) is 0 Å². The van der Waals surface area contributed by atoms with E-state index >= 15 is 0 Å². The highest BCUT2D eigenvalue weighted by Gasteiger charge is 2.15. The molecule has 1 aromatic carbocycles. The molecule has 0 aliphatic heterocycles. The molecule has 0 spiro atoms. The first-order valence-corrected chi connectivity index (χ1v) is 7.14. The third-order valence-electron chi connectivity index (χ3n) is 3.50. The van der Waals surface area contributed by atoms with Gasteiger partial charge in [0.1, 0.15) is 11.2 Å². The number of aromatic nitrogens is 2. The molecule has 2 N–H and O–H groups in total. The molecule has 0 aliphatic rings. The highest BCUT2D eigenvalue weighted by atomic mass is 16.3. The van der Waals surface area contributed by atoms with E-state index in [1.54, 1.807) is 48.7 Å². The van der Waals surface area contributed by atoms with E-state index < -0.39 is 17.6 Å². The SMILES string of the molecule is O=C(NC[C@@H](O)c1ccccc1)c1cnc2ccccn2c1=O. The molecule has 2 heterocycles. The molecule has 0 bridgehead atoms. The van der Waals surface area contributed by atoms with Crippen LogP contribution in [0, 0.1) is 0 Å². The van der Waals surface area contributed by atoms with Crippen molar-refractivity contribution in [2.24, 2.45) is 0 Å². The number of aliphatic hydroxyl groups is 1. The third kappa shape index (κ3) is 3.12. The van der Waals surface area contributed by atoms with Crippen LogP contribution in [0.4, 0.5) is 0 Å². The molecule has 0 saturated carbocycles. The van der Waals surface area contributed by atoms with Crippen LogP contribution in [-0.4, -0.2) is 26.9 Å². The fourth-order valence-electron chi connectivity index (χ4n) is 2.26. The normalized spacial score (nSPS) is 12.0. The lowest BCUT2D eigenvalue weighted by Crippen LogP contribution is -2.34. The maximum Gasteiger partial charge on any atom is 0.270 e. The smallest absolute Gasteiger partial charge is 0.270 e. The summed E-state index contributed by atoms with van der Waals surface area (Å²) in [7, 11) is 0. The minimum Gasteiger partial charge on any atom is -0.387 e. The Bertz CT molecular complexity index is 890. The monoisotopic (exact) mass is 309 g/mol. The van der Waals surface area contributed by atoms with Gasteiger partial charge in [0.05, 0.1) is 6.10 Å². The fraction of sp³-hybridized carbons (Fsp3) is 0.118. The zero-order valence-electron chi connectivity index (χ0n) is 12.2. The molecule has 23 heavy (non-hydrogen) atoms. The molecule has 3 aromatic rings. The van der Waals surface area contributed by atoms with Gasteiger partial charge >= 0.3 is 0 Å². The summed E-state index contributed by atoms with van der Waals surface area (Å²) in [5, 5.41) is 12.6. The van der Waals surface area contributed by atoms with Gasteiger partial charge in [0.25, 0.3) is 11.5 Å². The Morgan fingerprint density at radius 1 is 1.17 bits per heavy atom. The summed E-state index contributed by atoms with van der Waals surface area (Å²) < 4.78 is 1.31. The van der Waals surface area contributed by atoms with Gasteiger partial charge < -0.3 is 10.4 Å². The predicted molar refractivity (Wildman–Crippen MR) is 85.2 cm³/mol. The van der Waals surface area contributed by atoms with Gasteiger partial charge in [-0.3, -0.25) is 14.0 Å². The molecule has 0 aliphatic carbocycles. The van der Waals surface area contributed by atoms with Crippen LogP contribution < -0.4 is 10.9 Å². The van der Waals surface area contributed by atoms with E-state index in [1.165, 1.54) is 10.6 Å². The van der Waals surface area contributed by atoms with Gasteiger partial charge in [-0.15, -0.1) is 0 Å². The van der Waals surface area contributed by atoms with Crippen LogP contribution in [0.15, 0.2) is 65.7 Å². The minimum atomic E-state index is -0.837. The maximum absolute atomic E-state index is 12.3. The van der Waals surface area contributed by atoms with Crippen LogP contribution in [0.2, 0.25) is 0 Å². The van der Waals surface area contributed by atoms with Crippen LogP contribution >= 0.6 is 0 Å². The molecular formula is C17H15N3O3. The van der Waals surface area contributed by atoms with Gasteiger partial charge in [-0.25, -0.2) is 4.98 Å². The van der Waals surface area contributed by atoms with Crippen molar-refractivity contribution in [3.05, 3.63) is 82.4 Å². The van der Waals surface area contributed by atoms with Gasteiger partial charge in [0.15, 0.2) is 0 Å². The van der Waals surface area contributed by atoms with E-state index in [0.29, 0.717) is 11.2 Å². The summed E-state index contributed by atoms with van der Waals surface area (Å²) in [4.78, 5) is 28.5. The summed E-state index contributed by atoms with van der Waals surface area (Å²) >= 11 is 0. The lowest BCUT2D eigenvalue weighted by molar-refractivity contribution is 0.0914. The van der Waals surface area contributed by atoms with Crippen molar-refractivity contribution >= 4 is 11.6 Å². The number of nitrogens with zero attached hydrogens (tertiary/aromatic N) is 2. The Labute approximate surface area is 132 Å². The minimum absolute atomic E-state index is 0.0137. The number of aliphatic hydroxyl groups excluding tert-OH is 1. The summed E-state index contributed by atoms with van der Waals surface area (Å²) in [6.45, 7) is 0.0137. The number of fused-ring (bicyclic) bond motifs is 1. The number of nitrogens with one attached hydrogen (secondary N) is 1. The van der Waals surface area contributed by atoms with E-state index in [1.807, 2.05) is 6.07 Å².